The van der Waals surface area contributed by atoms with E-state index in [4.69, 9.17) is 5.73 Å². The molecular formula is C7H6N4O. The van der Waals surface area contributed by atoms with Crippen LogP contribution in [0.2, 0.25) is 0 Å². The lowest BCUT2D eigenvalue weighted by atomic mass is 10.4. The number of aromatic nitrogens is 3. The third kappa shape index (κ3) is 0.914. The number of primary amides is 1. The Morgan fingerprint density at radius 3 is 3.08 bits per heavy atom. The second-order valence-corrected chi connectivity index (χ2v) is 2.32. The Morgan fingerprint density at radius 1 is 1.58 bits per heavy atom. The summed E-state index contributed by atoms with van der Waals surface area (Å²) in [7, 11) is 0. The summed E-state index contributed by atoms with van der Waals surface area (Å²) in [4.78, 5) is 21.2. The van der Waals surface area contributed by atoms with E-state index in [2.05, 4.69) is 15.0 Å². The van der Waals surface area contributed by atoms with Gasteiger partial charge in [-0.15, -0.1) is 0 Å². The number of hydrogen-bond acceptors (Lipinski definition) is 3. The highest BCUT2D eigenvalue weighted by Crippen LogP contribution is 2.05. The van der Waals surface area contributed by atoms with Gasteiger partial charge >= 0.3 is 0 Å². The second-order valence-electron chi connectivity index (χ2n) is 2.32. The molecule has 1 amide bonds. The number of imidazole rings is 1. The lowest BCUT2D eigenvalue weighted by molar-refractivity contribution is 0.0991. The monoisotopic (exact) mass is 162 g/mol. The minimum atomic E-state index is -0.576. The fraction of sp³-hybridized carbons (Fsp3) is 0. The van der Waals surface area contributed by atoms with Crippen molar-refractivity contribution < 1.29 is 4.79 Å². The molecule has 0 bridgehead atoms. The van der Waals surface area contributed by atoms with Crippen LogP contribution >= 0.6 is 0 Å². The number of hydrogen-bond donors (Lipinski definition) is 2. The van der Waals surface area contributed by atoms with Crippen molar-refractivity contribution in [1.29, 1.82) is 0 Å². The van der Waals surface area contributed by atoms with Gasteiger partial charge < -0.3 is 10.7 Å². The van der Waals surface area contributed by atoms with E-state index in [9.17, 15) is 4.79 Å². The van der Waals surface area contributed by atoms with Gasteiger partial charge in [-0.05, 0) is 12.1 Å². The van der Waals surface area contributed by atoms with Crippen molar-refractivity contribution >= 4 is 17.1 Å². The summed E-state index contributed by atoms with van der Waals surface area (Å²) in [6, 6.07) is 3.53. The molecule has 0 atom stereocenters. The molecule has 0 fully saturated rings. The number of aromatic amines is 1. The average Bonchev–Trinajstić information content (AvgIpc) is 2.46. The number of nitrogens with zero attached hydrogens (tertiary/aromatic N) is 2. The van der Waals surface area contributed by atoms with Crippen molar-refractivity contribution in [2.24, 2.45) is 5.73 Å². The van der Waals surface area contributed by atoms with Gasteiger partial charge in [0.2, 0.25) is 0 Å². The molecule has 2 aromatic heterocycles. The largest absolute Gasteiger partial charge is 0.363 e. The van der Waals surface area contributed by atoms with Gasteiger partial charge in [-0.25, -0.2) is 9.97 Å². The van der Waals surface area contributed by atoms with E-state index in [0.717, 1.165) is 0 Å². The third-order valence-electron chi connectivity index (χ3n) is 1.49. The van der Waals surface area contributed by atoms with E-state index in [0.29, 0.717) is 11.2 Å². The maximum Gasteiger partial charge on any atom is 0.284 e. The zero-order valence-electron chi connectivity index (χ0n) is 6.11. The quantitative estimate of drug-likeness (QED) is 0.621. The molecule has 0 radical (unpaired) electrons. The summed E-state index contributed by atoms with van der Waals surface area (Å²) >= 11 is 0. The van der Waals surface area contributed by atoms with E-state index in [1.54, 1.807) is 18.3 Å². The molecule has 60 valence electrons. The normalized spacial score (nSPS) is 10.3. The summed E-state index contributed by atoms with van der Waals surface area (Å²) in [6.45, 7) is 0. The zero-order valence-corrected chi connectivity index (χ0v) is 6.11. The Balaban J connectivity index is 2.70. The molecular weight excluding hydrogens is 156 g/mol. The highest BCUT2D eigenvalue weighted by Gasteiger charge is 2.06. The van der Waals surface area contributed by atoms with Gasteiger partial charge in [0.25, 0.3) is 5.91 Å². The maximum atomic E-state index is 10.7. The van der Waals surface area contributed by atoms with Crippen molar-refractivity contribution in [3.63, 3.8) is 0 Å². The van der Waals surface area contributed by atoms with Crippen LogP contribution in [-0.2, 0) is 0 Å². The SMILES string of the molecule is NC(=O)c1nc2ncccc2[nH]1. The topological polar surface area (TPSA) is 84.7 Å². The lowest BCUT2D eigenvalue weighted by Crippen LogP contribution is -2.12. The molecule has 2 aromatic rings. The average molecular weight is 162 g/mol. The summed E-state index contributed by atoms with van der Waals surface area (Å²) in [5.74, 6) is -0.434. The maximum absolute atomic E-state index is 10.7. The second kappa shape index (κ2) is 2.30. The van der Waals surface area contributed by atoms with Crippen molar-refractivity contribution in [3.05, 3.63) is 24.2 Å². The van der Waals surface area contributed by atoms with Crippen molar-refractivity contribution in [2.75, 3.05) is 0 Å². The first-order valence-electron chi connectivity index (χ1n) is 3.38. The first kappa shape index (κ1) is 6.78. The molecule has 0 aliphatic heterocycles. The Labute approximate surface area is 67.6 Å². The molecule has 5 heteroatoms. The number of H-pyrrole nitrogens is 1. The van der Waals surface area contributed by atoms with Crippen LogP contribution in [-0.4, -0.2) is 20.9 Å². The number of carbonyl (C=O) groups excluding carboxylic acids is 1. The van der Waals surface area contributed by atoms with Crippen LogP contribution in [0.5, 0.6) is 0 Å². The highest BCUT2D eigenvalue weighted by molar-refractivity contribution is 5.92. The van der Waals surface area contributed by atoms with E-state index in [1.807, 2.05) is 0 Å². The number of fused-ring (bicyclic) bond motifs is 1. The van der Waals surface area contributed by atoms with E-state index in [-0.39, 0.29) is 5.82 Å². The van der Waals surface area contributed by atoms with Gasteiger partial charge in [-0.1, -0.05) is 0 Å². The molecule has 2 rings (SSSR count). The van der Waals surface area contributed by atoms with Crippen LogP contribution < -0.4 is 5.73 Å². The molecule has 0 spiro atoms. The molecule has 0 aromatic carbocycles. The minimum absolute atomic E-state index is 0.142. The number of carbonyl (C=O) groups is 1. The van der Waals surface area contributed by atoms with Crippen LogP contribution in [0.3, 0.4) is 0 Å². The van der Waals surface area contributed by atoms with Gasteiger partial charge in [-0.3, -0.25) is 4.79 Å². The van der Waals surface area contributed by atoms with Gasteiger partial charge in [0.15, 0.2) is 11.5 Å². The van der Waals surface area contributed by atoms with Gasteiger partial charge in [-0.2, -0.15) is 0 Å². The Kier molecular flexibility index (Phi) is 1.30. The predicted octanol–water partition coefficient (Wildman–Crippen LogP) is 0.0568. The fourth-order valence-corrected chi connectivity index (χ4v) is 0.962. The number of nitrogens with one attached hydrogen (secondary N) is 1. The van der Waals surface area contributed by atoms with Crippen molar-refractivity contribution in [3.8, 4) is 0 Å². The third-order valence-corrected chi connectivity index (χ3v) is 1.49. The van der Waals surface area contributed by atoms with Gasteiger partial charge in [0.1, 0.15) is 0 Å². The van der Waals surface area contributed by atoms with Gasteiger partial charge in [0, 0.05) is 6.20 Å². The van der Waals surface area contributed by atoms with Crippen LogP contribution in [0.25, 0.3) is 11.2 Å². The molecule has 5 nitrogen and oxygen atoms in total. The number of pyridine rings is 1. The van der Waals surface area contributed by atoms with Crippen LogP contribution in [0, 0.1) is 0 Å². The smallest absolute Gasteiger partial charge is 0.284 e. The Morgan fingerprint density at radius 2 is 2.42 bits per heavy atom. The van der Waals surface area contributed by atoms with Gasteiger partial charge in [0.05, 0.1) is 5.52 Å². The Hall–Kier alpha value is -1.91. The van der Waals surface area contributed by atoms with Crippen molar-refractivity contribution in [1.82, 2.24) is 15.0 Å². The van der Waals surface area contributed by atoms with Crippen LogP contribution in [0.1, 0.15) is 10.6 Å². The molecule has 0 unspecified atom stereocenters. The number of rotatable bonds is 1. The molecule has 3 N–H and O–H groups in total. The van der Waals surface area contributed by atoms with E-state index >= 15 is 0 Å². The van der Waals surface area contributed by atoms with Crippen molar-refractivity contribution in [2.45, 2.75) is 0 Å². The number of nitrogens with two attached hydrogens (primary N) is 1. The molecule has 0 saturated heterocycles. The summed E-state index contributed by atoms with van der Waals surface area (Å²) in [5, 5.41) is 0. The molecule has 2 heterocycles. The van der Waals surface area contributed by atoms with E-state index < -0.39 is 5.91 Å². The summed E-state index contributed by atoms with van der Waals surface area (Å²) in [6.07, 6.45) is 1.61. The highest BCUT2D eigenvalue weighted by atomic mass is 16.1. The van der Waals surface area contributed by atoms with Crippen LogP contribution in [0.15, 0.2) is 18.3 Å². The lowest BCUT2D eigenvalue weighted by Gasteiger charge is -1.81. The van der Waals surface area contributed by atoms with Crippen LogP contribution in [0.4, 0.5) is 0 Å². The van der Waals surface area contributed by atoms with E-state index in [1.165, 1.54) is 0 Å². The molecule has 0 saturated carbocycles. The minimum Gasteiger partial charge on any atom is -0.363 e. The Bertz CT molecular complexity index is 401. The standard InChI is InChI=1S/C7H6N4O/c8-5(12)7-10-4-2-1-3-9-6(4)11-7/h1-3H,(H2,8,12)(H,9,10,11). The summed E-state index contributed by atoms with van der Waals surface area (Å²) in [5.41, 5.74) is 6.24. The summed E-state index contributed by atoms with van der Waals surface area (Å²) < 4.78 is 0. The first-order valence-corrected chi connectivity index (χ1v) is 3.38. The zero-order chi connectivity index (χ0) is 8.55. The first-order chi connectivity index (χ1) is 5.77. The number of amides is 1. The fourth-order valence-electron chi connectivity index (χ4n) is 0.962. The molecule has 0 aliphatic rings. The molecule has 12 heavy (non-hydrogen) atoms. The molecule has 0 aliphatic carbocycles. The predicted molar refractivity (Wildman–Crippen MR) is 42.4 cm³/mol.